The lowest BCUT2D eigenvalue weighted by atomic mass is 9.94. The Morgan fingerprint density at radius 3 is 2.71 bits per heavy atom. The summed E-state index contributed by atoms with van der Waals surface area (Å²) in [6.07, 6.45) is 0. The van der Waals surface area contributed by atoms with Gasteiger partial charge in [-0.25, -0.2) is 4.99 Å². The number of ether oxygens (including phenoxy) is 1. The molecule has 0 aliphatic carbocycles. The van der Waals surface area contributed by atoms with Crippen LogP contribution in [0, 0.1) is 0 Å². The van der Waals surface area contributed by atoms with Crippen LogP contribution < -0.4 is 0 Å². The van der Waals surface area contributed by atoms with Crippen molar-refractivity contribution in [3.63, 3.8) is 0 Å². The molecule has 0 bridgehead atoms. The molecular formula is C19H19BrN2O2. The maximum Gasteiger partial charge on any atom is 0.325 e. The molecule has 1 atom stereocenters. The van der Waals surface area contributed by atoms with E-state index in [1.165, 1.54) is 0 Å². The summed E-state index contributed by atoms with van der Waals surface area (Å²) in [5.74, 6) is 0.568. The molecule has 1 heterocycles. The van der Waals surface area contributed by atoms with Crippen molar-refractivity contribution in [2.24, 2.45) is 4.99 Å². The number of hydrogen-bond donors (Lipinski definition) is 0. The monoisotopic (exact) mass is 386 g/mol. The van der Waals surface area contributed by atoms with Crippen molar-refractivity contribution < 1.29 is 9.53 Å². The molecule has 124 valence electrons. The van der Waals surface area contributed by atoms with Gasteiger partial charge in [0, 0.05) is 10.0 Å². The average Bonchev–Trinajstić information content (AvgIpc) is 2.57. The maximum absolute atomic E-state index is 12.1. The molecule has 0 spiro atoms. The highest BCUT2D eigenvalue weighted by Gasteiger charge is 2.31. The molecule has 0 aromatic heterocycles. The number of rotatable bonds is 4. The topological polar surface area (TPSA) is 41.9 Å². The molecule has 0 saturated carbocycles. The van der Waals surface area contributed by atoms with E-state index in [9.17, 15) is 4.79 Å². The lowest BCUT2D eigenvalue weighted by Gasteiger charge is -2.37. The molecule has 3 rings (SSSR count). The highest BCUT2D eigenvalue weighted by Crippen LogP contribution is 2.40. The van der Waals surface area contributed by atoms with Crippen molar-refractivity contribution in [1.29, 1.82) is 0 Å². The second-order valence-corrected chi connectivity index (χ2v) is 6.52. The summed E-state index contributed by atoms with van der Waals surface area (Å²) >= 11 is 3.54. The third-order valence-electron chi connectivity index (χ3n) is 4.01. The maximum atomic E-state index is 12.1. The van der Waals surface area contributed by atoms with Gasteiger partial charge in [0.2, 0.25) is 0 Å². The zero-order valence-electron chi connectivity index (χ0n) is 13.7. The van der Waals surface area contributed by atoms with Crippen LogP contribution in [0.4, 0.5) is 5.69 Å². The van der Waals surface area contributed by atoms with Crippen LogP contribution in [0.1, 0.15) is 31.0 Å². The van der Waals surface area contributed by atoms with E-state index in [-0.39, 0.29) is 18.6 Å². The highest BCUT2D eigenvalue weighted by molar-refractivity contribution is 9.10. The lowest BCUT2D eigenvalue weighted by molar-refractivity contribution is -0.143. The molecule has 1 aliphatic rings. The van der Waals surface area contributed by atoms with E-state index in [1.807, 2.05) is 49.1 Å². The van der Waals surface area contributed by atoms with E-state index in [0.29, 0.717) is 6.61 Å². The number of fused-ring (bicyclic) bond motifs is 1. The Morgan fingerprint density at radius 1 is 1.25 bits per heavy atom. The minimum Gasteiger partial charge on any atom is -0.465 e. The van der Waals surface area contributed by atoms with Gasteiger partial charge in [0.15, 0.2) is 0 Å². The third kappa shape index (κ3) is 3.36. The second kappa shape index (κ2) is 7.18. The van der Waals surface area contributed by atoms with Crippen LogP contribution in [0.15, 0.2) is 58.0 Å². The Hall–Kier alpha value is -2.14. The van der Waals surface area contributed by atoms with Crippen LogP contribution in [0.3, 0.4) is 0 Å². The van der Waals surface area contributed by atoms with Crippen molar-refractivity contribution in [3.05, 3.63) is 64.1 Å². The van der Waals surface area contributed by atoms with Crippen molar-refractivity contribution in [3.8, 4) is 0 Å². The normalized spacial score (nSPS) is 16.4. The lowest BCUT2D eigenvalue weighted by Crippen LogP contribution is -2.40. The number of benzene rings is 2. The van der Waals surface area contributed by atoms with Gasteiger partial charge in [-0.3, -0.25) is 4.79 Å². The molecule has 5 heteroatoms. The van der Waals surface area contributed by atoms with Crippen LogP contribution in [-0.2, 0) is 9.53 Å². The Balaban J connectivity index is 2.08. The summed E-state index contributed by atoms with van der Waals surface area (Å²) in [7, 11) is 0. The smallest absolute Gasteiger partial charge is 0.325 e. The van der Waals surface area contributed by atoms with E-state index < -0.39 is 0 Å². The van der Waals surface area contributed by atoms with Gasteiger partial charge in [-0.05, 0) is 37.6 Å². The first-order valence-electron chi connectivity index (χ1n) is 7.92. The van der Waals surface area contributed by atoms with E-state index in [1.54, 1.807) is 0 Å². The molecule has 2 aromatic rings. The summed E-state index contributed by atoms with van der Waals surface area (Å²) in [6.45, 7) is 4.30. The summed E-state index contributed by atoms with van der Waals surface area (Å²) < 4.78 is 6.14. The van der Waals surface area contributed by atoms with Gasteiger partial charge >= 0.3 is 5.97 Å². The summed E-state index contributed by atoms with van der Waals surface area (Å²) in [5.41, 5.74) is 3.13. The van der Waals surface area contributed by atoms with Crippen LogP contribution in [0.5, 0.6) is 0 Å². The molecule has 0 N–H and O–H groups in total. The summed E-state index contributed by atoms with van der Waals surface area (Å²) in [6, 6.07) is 16.1. The number of halogens is 1. The number of carbonyl (C=O) groups excluding carboxylic acids is 1. The van der Waals surface area contributed by atoms with Crippen molar-refractivity contribution >= 4 is 33.4 Å². The second-order valence-electron chi connectivity index (χ2n) is 5.61. The molecule has 0 unspecified atom stereocenters. The Morgan fingerprint density at radius 2 is 2.00 bits per heavy atom. The fourth-order valence-corrected chi connectivity index (χ4v) is 3.36. The Kier molecular flexibility index (Phi) is 5.00. The van der Waals surface area contributed by atoms with E-state index >= 15 is 0 Å². The van der Waals surface area contributed by atoms with Crippen LogP contribution in [0.2, 0.25) is 0 Å². The molecule has 0 amide bonds. The van der Waals surface area contributed by atoms with Crippen LogP contribution >= 0.6 is 15.9 Å². The highest BCUT2D eigenvalue weighted by atomic mass is 79.9. The quantitative estimate of drug-likeness (QED) is 0.728. The molecule has 0 saturated heterocycles. The van der Waals surface area contributed by atoms with E-state index in [4.69, 9.17) is 4.74 Å². The van der Waals surface area contributed by atoms with Gasteiger partial charge in [0.25, 0.3) is 0 Å². The molecule has 2 aromatic carbocycles. The van der Waals surface area contributed by atoms with Gasteiger partial charge in [0.1, 0.15) is 12.4 Å². The number of aliphatic imine (C=N–C) groups is 1. The Bertz CT molecular complexity index is 774. The molecule has 24 heavy (non-hydrogen) atoms. The number of carbonyl (C=O) groups is 1. The molecular weight excluding hydrogens is 368 g/mol. The first-order valence-corrected chi connectivity index (χ1v) is 8.71. The van der Waals surface area contributed by atoms with Crippen molar-refractivity contribution in [2.75, 3.05) is 13.2 Å². The van der Waals surface area contributed by atoms with Gasteiger partial charge < -0.3 is 9.64 Å². The van der Waals surface area contributed by atoms with Crippen molar-refractivity contribution in [1.82, 2.24) is 4.90 Å². The zero-order chi connectivity index (χ0) is 17.1. The fraction of sp³-hybridized carbons (Fsp3) is 0.263. The van der Waals surface area contributed by atoms with Gasteiger partial charge in [-0.2, -0.15) is 0 Å². The number of esters is 1. The molecule has 1 aliphatic heterocycles. The average molecular weight is 387 g/mol. The summed E-state index contributed by atoms with van der Waals surface area (Å²) in [5, 5.41) is 0. The first kappa shape index (κ1) is 16.7. The van der Waals surface area contributed by atoms with Gasteiger partial charge in [-0.15, -0.1) is 0 Å². The predicted molar refractivity (Wildman–Crippen MR) is 98.5 cm³/mol. The van der Waals surface area contributed by atoms with E-state index in [0.717, 1.165) is 27.1 Å². The number of nitrogens with zero attached hydrogens (tertiary/aromatic N) is 2. The first-order chi connectivity index (χ1) is 11.6. The summed E-state index contributed by atoms with van der Waals surface area (Å²) in [4.78, 5) is 18.8. The molecule has 0 radical (unpaired) electrons. The van der Waals surface area contributed by atoms with E-state index in [2.05, 4.69) is 39.1 Å². The standard InChI is InChI=1S/C19H19BrN2O2/c1-3-24-18(23)12-22-13(2)21-17-10-9-15(20)11-16(17)19(22)14-7-5-4-6-8-14/h4-11,19H,3,12H2,1-2H3/t19-/m1/s1. The largest absolute Gasteiger partial charge is 0.465 e. The van der Waals surface area contributed by atoms with Gasteiger partial charge in [-0.1, -0.05) is 46.3 Å². The van der Waals surface area contributed by atoms with Crippen LogP contribution in [0.25, 0.3) is 0 Å². The molecule has 4 nitrogen and oxygen atoms in total. The molecule has 0 fully saturated rings. The minimum atomic E-state index is -0.244. The number of amidine groups is 1. The van der Waals surface area contributed by atoms with Crippen LogP contribution in [-0.4, -0.2) is 29.9 Å². The Labute approximate surface area is 150 Å². The predicted octanol–water partition coefficient (Wildman–Crippen LogP) is 4.47. The number of hydrogen-bond acceptors (Lipinski definition) is 4. The third-order valence-corrected chi connectivity index (χ3v) is 4.51. The van der Waals surface area contributed by atoms with Crippen molar-refractivity contribution in [2.45, 2.75) is 19.9 Å². The fourth-order valence-electron chi connectivity index (χ4n) is 2.99. The SMILES string of the molecule is CCOC(=O)CN1C(C)=Nc2ccc(Br)cc2[C@H]1c1ccccc1. The minimum absolute atomic E-state index is 0.0689. The zero-order valence-corrected chi connectivity index (χ0v) is 15.3. The van der Waals surface area contributed by atoms with Gasteiger partial charge in [0.05, 0.1) is 18.3 Å².